The number of aliphatic imine (C=N–C) groups is 1. The van der Waals surface area contributed by atoms with Crippen LogP contribution in [0.4, 0.5) is 0 Å². The molecule has 1 aliphatic rings. The first-order valence-electron chi connectivity index (χ1n) is 5.08. The Bertz CT molecular complexity index is 517. The molecule has 1 aliphatic heterocycles. The molecule has 4 nitrogen and oxygen atoms in total. The Morgan fingerprint density at radius 1 is 1.29 bits per heavy atom. The van der Waals surface area contributed by atoms with Crippen LogP contribution in [0.15, 0.2) is 53.0 Å². The summed E-state index contributed by atoms with van der Waals surface area (Å²) in [6.45, 7) is 0. The highest BCUT2D eigenvalue weighted by atomic mass is 16.4. The summed E-state index contributed by atoms with van der Waals surface area (Å²) in [6, 6.07) is 9.17. The fourth-order valence-corrected chi connectivity index (χ4v) is 1.54. The molecule has 0 bridgehead atoms. The van der Waals surface area contributed by atoms with E-state index in [4.69, 9.17) is 5.11 Å². The van der Waals surface area contributed by atoms with Crippen molar-refractivity contribution in [1.29, 1.82) is 0 Å². The minimum absolute atomic E-state index is 0.235. The lowest BCUT2D eigenvalue weighted by Crippen LogP contribution is -2.39. The third-order valence-corrected chi connectivity index (χ3v) is 2.45. The summed E-state index contributed by atoms with van der Waals surface area (Å²) < 4.78 is 0. The van der Waals surface area contributed by atoms with E-state index < -0.39 is 11.7 Å². The highest BCUT2D eigenvalue weighted by Gasteiger charge is 2.39. The maximum atomic E-state index is 11.0. The zero-order chi connectivity index (χ0) is 12.3. The summed E-state index contributed by atoms with van der Waals surface area (Å²) in [4.78, 5) is 14.7. The quantitative estimate of drug-likeness (QED) is 0.807. The summed E-state index contributed by atoms with van der Waals surface area (Å²) in [7, 11) is 0. The molecule has 1 atom stereocenters. The fourth-order valence-electron chi connectivity index (χ4n) is 1.54. The maximum absolute atomic E-state index is 11.0. The number of hydrogen-bond acceptors (Lipinski definition) is 3. The van der Waals surface area contributed by atoms with Gasteiger partial charge in [-0.3, -0.25) is 0 Å². The third-order valence-electron chi connectivity index (χ3n) is 2.45. The van der Waals surface area contributed by atoms with Crippen molar-refractivity contribution >= 4 is 18.3 Å². The van der Waals surface area contributed by atoms with E-state index in [0.29, 0.717) is 0 Å². The zero-order valence-corrected chi connectivity index (χ0v) is 8.95. The van der Waals surface area contributed by atoms with E-state index in [1.165, 1.54) is 12.3 Å². The molecule has 0 fully saturated rings. The van der Waals surface area contributed by atoms with Crippen LogP contribution < -0.4 is 0 Å². The predicted molar refractivity (Wildman–Crippen MR) is 64.6 cm³/mol. The molecule has 0 radical (unpaired) electrons. The molecule has 17 heavy (non-hydrogen) atoms. The van der Waals surface area contributed by atoms with E-state index in [-0.39, 0.29) is 5.57 Å². The van der Waals surface area contributed by atoms with Gasteiger partial charge in [0.05, 0.1) is 0 Å². The largest absolute Gasteiger partial charge is 0.477 e. The van der Waals surface area contributed by atoms with Crippen LogP contribution in [-0.4, -0.2) is 28.1 Å². The van der Waals surface area contributed by atoms with Gasteiger partial charge in [-0.25, -0.2) is 9.79 Å². The minimum atomic E-state index is -2.19. The van der Waals surface area contributed by atoms with E-state index in [2.05, 4.69) is 4.99 Å². The molecular formula is C13H11NO3. The summed E-state index contributed by atoms with van der Waals surface area (Å²) in [5, 5.41) is 19.0. The van der Waals surface area contributed by atoms with Gasteiger partial charge in [-0.05, 0) is 17.7 Å². The molecular weight excluding hydrogens is 218 g/mol. The smallest absolute Gasteiger partial charge is 0.364 e. The van der Waals surface area contributed by atoms with Crippen molar-refractivity contribution < 1.29 is 15.0 Å². The lowest BCUT2D eigenvalue weighted by atomic mass is 9.98. The zero-order valence-electron chi connectivity index (χ0n) is 8.95. The van der Waals surface area contributed by atoms with E-state index in [1.54, 1.807) is 12.2 Å². The molecule has 1 unspecified atom stereocenters. The van der Waals surface area contributed by atoms with Gasteiger partial charge in [0.2, 0.25) is 0 Å². The first-order chi connectivity index (χ1) is 8.13. The molecule has 2 N–H and O–H groups in total. The third kappa shape index (κ3) is 2.16. The van der Waals surface area contributed by atoms with Crippen molar-refractivity contribution in [2.24, 2.45) is 4.99 Å². The Morgan fingerprint density at radius 3 is 2.65 bits per heavy atom. The number of carboxylic acid groups (broad SMARTS) is 1. The van der Waals surface area contributed by atoms with Crippen LogP contribution in [0.1, 0.15) is 5.56 Å². The molecule has 0 aromatic heterocycles. The second-order valence-electron chi connectivity index (χ2n) is 3.63. The summed E-state index contributed by atoms with van der Waals surface area (Å²) >= 11 is 0. The molecule has 0 saturated carbocycles. The van der Waals surface area contributed by atoms with Gasteiger partial charge in [0.1, 0.15) is 0 Å². The molecule has 0 amide bonds. The lowest BCUT2D eigenvalue weighted by molar-refractivity contribution is -0.153. The molecule has 2 rings (SSSR count). The molecule has 1 aromatic carbocycles. The second kappa shape index (κ2) is 4.35. The monoisotopic (exact) mass is 229 g/mol. The van der Waals surface area contributed by atoms with E-state index in [0.717, 1.165) is 5.56 Å². The SMILES string of the molecule is O=C(O)C1(O)N=CC=CC1=Cc1ccccc1. The Kier molecular flexibility index (Phi) is 2.89. The number of allylic oxidation sites excluding steroid dienone is 1. The number of carbonyl (C=O) groups is 1. The lowest BCUT2D eigenvalue weighted by Gasteiger charge is -2.22. The van der Waals surface area contributed by atoms with Crippen LogP contribution in [0, 0.1) is 0 Å². The maximum Gasteiger partial charge on any atom is 0.364 e. The van der Waals surface area contributed by atoms with Gasteiger partial charge < -0.3 is 10.2 Å². The molecule has 1 heterocycles. The first-order valence-corrected chi connectivity index (χ1v) is 5.08. The standard InChI is InChI=1S/C13H11NO3/c15-12(16)13(17)11(7-4-8-14-13)9-10-5-2-1-3-6-10/h1-9,17H,(H,15,16). The van der Waals surface area contributed by atoms with E-state index >= 15 is 0 Å². The number of dihydropyridines is 1. The summed E-state index contributed by atoms with van der Waals surface area (Å²) in [6.07, 6.45) is 6.00. The van der Waals surface area contributed by atoms with Gasteiger partial charge in [0, 0.05) is 11.8 Å². The Balaban J connectivity index is 2.44. The van der Waals surface area contributed by atoms with Crippen molar-refractivity contribution in [3.63, 3.8) is 0 Å². The number of benzene rings is 1. The molecule has 86 valence electrons. The van der Waals surface area contributed by atoms with E-state index in [9.17, 15) is 9.90 Å². The highest BCUT2D eigenvalue weighted by molar-refractivity contribution is 5.90. The number of carboxylic acids is 1. The average Bonchev–Trinajstić information content (AvgIpc) is 2.33. The number of aliphatic carboxylic acids is 1. The number of aliphatic hydroxyl groups is 1. The molecule has 4 heteroatoms. The van der Waals surface area contributed by atoms with Gasteiger partial charge in [-0.15, -0.1) is 0 Å². The van der Waals surface area contributed by atoms with Crippen LogP contribution in [0.25, 0.3) is 6.08 Å². The van der Waals surface area contributed by atoms with Crippen molar-refractivity contribution in [2.45, 2.75) is 5.72 Å². The minimum Gasteiger partial charge on any atom is -0.477 e. The molecule has 1 aromatic rings. The highest BCUT2D eigenvalue weighted by Crippen LogP contribution is 2.25. The number of rotatable bonds is 2. The second-order valence-corrected chi connectivity index (χ2v) is 3.63. The van der Waals surface area contributed by atoms with Gasteiger partial charge in [-0.2, -0.15) is 0 Å². The summed E-state index contributed by atoms with van der Waals surface area (Å²) in [5.41, 5.74) is -1.15. The summed E-state index contributed by atoms with van der Waals surface area (Å²) in [5.74, 6) is -1.39. The number of nitrogens with zero attached hydrogens (tertiary/aromatic N) is 1. The topological polar surface area (TPSA) is 69.9 Å². The van der Waals surface area contributed by atoms with Crippen LogP contribution in [-0.2, 0) is 4.79 Å². The molecule has 0 saturated heterocycles. The van der Waals surface area contributed by atoms with Crippen molar-refractivity contribution in [2.75, 3.05) is 0 Å². The molecule has 0 aliphatic carbocycles. The van der Waals surface area contributed by atoms with Gasteiger partial charge in [-0.1, -0.05) is 36.4 Å². The van der Waals surface area contributed by atoms with Crippen LogP contribution in [0.3, 0.4) is 0 Å². The van der Waals surface area contributed by atoms with Crippen LogP contribution >= 0.6 is 0 Å². The Hall–Kier alpha value is -2.20. The Morgan fingerprint density at radius 2 is 2.00 bits per heavy atom. The molecule has 0 spiro atoms. The van der Waals surface area contributed by atoms with Crippen LogP contribution in [0.2, 0.25) is 0 Å². The average molecular weight is 229 g/mol. The van der Waals surface area contributed by atoms with Crippen molar-refractivity contribution in [1.82, 2.24) is 0 Å². The Labute approximate surface area is 98.2 Å². The van der Waals surface area contributed by atoms with Crippen LogP contribution in [0.5, 0.6) is 0 Å². The normalized spacial score (nSPS) is 25.1. The van der Waals surface area contributed by atoms with Crippen molar-refractivity contribution in [3.05, 3.63) is 53.6 Å². The van der Waals surface area contributed by atoms with Gasteiger partial charge in [0.15, 0.2) is 0 Å². The number of hydrogen-bond donors (Lipinski definition) is 2. The first kappa shape index (κ1) is 11.3. The van der Waals surface area contributed by atoms with E-state index in [1.807, 2.05) is 30.3 Å². The fraction of sp³-hybridized carbons (Fsp3) is 0.0769. The predicted octanol–water partition coefficient (Wildman–Crippen LogP) is 1.48. The van der Waals surface area contributed by atoms with Gasteiger partial charge in [0.25, 0.3) is 5.72 Å². The van der Waals surface area contributed by atoms with Gasteiger partial charge >= 0.3 is 5.97 Å². The van der Waals surface area contributed by atoms with Crippen molar-refractivity contribution in [3.8, 4) is 0 Å².